The Balaban J connectivity index is 1.42. The average Bonchev–Trinajstić information content (AvgIpc) is 3.29. The predicted octanol–water partition coefficient (Wildman–Crippen LogP) is 2.06. The van der Waals surface area contributed by atoms with Crippen molar-refractivity contribution in [2.45, 2.75) is 25.6 Å². The summed E-state index contributed by atoms with van der Waals surface area (Å²) in [6, 6.07) is 12.3. The Morgan fingerprint density at radius 1 is 1.27 bits per heavy atom. The van der Waals surface area contributed by atoms with E-state index in [2.05, 4.69) is 56.1 Å². The second kappa shape index (κ2) is 7.25. The second-order valence-electron chi connectivity index (χ2n) is 6.93. The van der Waals surface area contributed by atoms with E-state index in [1.165, 1.54) is 11.1 Å². The van der Waals surface area contributed by atoms with Crippen LogP contribution in [0.3, 0.4) is 0 Å². The normalized spacial score (nSPS) is 19.4. The van der Waals surface area contributed by atoms with Gasteiger partial charge in [0.05, 0.1) is 6.67 Å². The van der Waals surface area contributed by atoms with E-state index in [4.69, 9.17) is 0 Å². The van der Waals surface area contributed by atoms with Crippen LogP contribution in [-0.2, 0) is 13.1 Å². The number of nitrogens with one attached hydrogen (secondary N) is 1. The molecule has 2 aliphatic heterocycles. The molecule has 0 aliphatic carbocycles. The molecule has 0 bridgehead atoms. The Kier molecular flexibility index (Phi) is 4.67. The van der Waals surface area contributed by atoms with Crippen LogP contribution < -0.4 is 10.2 Å². The van der Waals surface area contributed by atoms with E-state index in [9.17, 15) is 4.79 Å². The van der Waals surface area contributed by atoms with Gasteiger partial charge in [0.2, 0.25) is 0 Å². The zero-order chi connectivity index (χ0) is 17.9. The number of fused-ring (bicyclic) bond motifs is 1. The van der Waals surface area contributed by atoms with Gasteiger partial charge >= 0.3 is 0 Å². The highest BCUT2D eigenvalue weighted by molar-refractivity contribution is 5.95. The molecule has 134 valence electrons. The number of carbonyl (C=O) groups is 1. The number of hydrogen-bond acceptors (Lipinski definition) is 5. The fraction of sp³-hybridized carbons (Fsp3) is 0.350. The molecule has 0 radical (unpaired) electrons. The van der Waals surface area contributed by atoms with Crippen LogP contribution in [0.25, 0.3) is 0 Å². The lowest BCUT2D eigenvalue weighted by Gasteiger charge is -2.18. The molecule has 1 fully saturated rings. The largest absolute Gasteiger partial charge is 0.348 e. The van der Waals surface area contributed by atoms with Gasteiger partial charge in [0, 0.05) is 44.0 Å². The summed E-state index contributed by atoms with van der Waals surface area (Å²) in [5, 5.41) is 3.13. The quantitative estimate of drug-likeness (QED) is 0.840. The Morgan fingerprint density at radius 3 is 2.77 bits per heavy atom. The van der Waals surface area contributed by atoms with Gasteiger partial charge in [0.1, 0.15) is 5.82 Å². The monoisotopic (exact) mass is 349 g/mol. The highest BCUT2D eigenvalue weighted by Crippen LogP contribution is 2.27. The Hall–Kier alpha value is -2.73. The van der Waals surface area contributed by atoms with Crippen molar-refractivity contribution in [2.24, 2.45) is 4.99 Å². The number of aliphatic imine (C=N–C) groups is 1. The van der Waals surface area contributed by atoms with Crippen LogP contribution in [0.15, 0.2) is 47.6 Å². The number of rotatable bonds is 5. The molecular weight excluding hydrogens is 326 g/mol. The fourth-order valence-electron chi connectivity index (χ4n) is 3.72. The lowest BCUT2D eigenvalue weighted by atomic mass is 10.1. The molecule has 0 saturated carbocycles. The maximum absolute atomic E-state index is 12.6. The van der Waals surface area contributed by atoms with E-state index in [0.717, 1.165) is 38.4 Å². The van der Waals surface area contributed by atoms with Gasteiger partial charge in [-0.1, -0.05) is 24.3 Å². The summed E-state index contributed by atoms with van der Waals surface area (Å²) in [6.07, 6.45) is 2.66. The fourth-order valence-corrected chi connectivity index (χ4v) is 3.72. The molecule has 2 aliphatic rings. The molecule has 0 unspecified atom stereocenters. The Morgan fingerprint density at radius 2 is 2.04 bits per heavy atom. The summed E-state index contributed by atoms with van der Waals surface area (Å²) >= 11 is 0. The van der Waals surface area contributed by atoms with Gasteiger partial charge in [0.25, 0.3) is 5.91 Å². The maximum atomic E-state index is 12.6. The van der Waals surface area contributed by atoms with Crippen LogP contribution in [0.5, 0.6) is 0 Å². The van der Waals surface area contributed by atoms with E-state index in [-0.39, 0.29) is 11.9 Å². The van der Waals surface area contributed by atoms with Gasteiger partial charge < -0.3 is 10.2 Å². The van der Waals surface area contributed by atoms with Crippen molar-refractivity contribution in [3.05, 3.63) is 59.3 Å². The van der Waals surface area contributed by atoms with Gasteiger partial charge in [-0.3, -0.25) is 14.7 Å². The molecule has 1 aromatic carbocycles. The number of anilines is 1. The topological polar surface area (TPSA) is 60.8 Å². The highest BCUT2D eigenvalue weighted by Gasteiger charge is 2.24. The maximum Gasteiger partial charge on any atom is 0.251 e. The van der Waals surface area contributed by atoms with E-state index in [0.29, 0.717) is 12.2 Å². The van der Waals surface area contributed by atoms with Gasteiger partial charge in [-0.2, -0.15) is 0 Å². The van der Waals surface area contributed by atoms with Crippen molar-refractivity contribution in [1.29, 1.82) is 0 Å². The minimum absolute atomic E-state index is 0.0382. The van der Waals surface area contributed by atoms with Gasteiger partial charge in [-0.15, -0.1) is 0 Å². The van der Waals surface area contributed by atoms with Crippen LogP contribution in [0, 0.1) is 0 Å². The molecule has 1 atom stereocenters. The Bertz CT molecular complexity index is 796. The summed E-state index contributed by atoms with van der Waals surface area (Å²) in [5.41, 5.74) is 3.31. The van der Waals surface area contributed by atoms with Gasteiger partial charge in [-0.05, 0) is 36.4 Å². The molecule has 6 nitrogen and oxygen atoms in total. The SMILES string of the molecule is C=NCN1CC[C@@H](NC(=O)c2ccnc(N3Cc4ccccc4C3)c2)C1. The minimum Gasteiger partial charge on any atom is -0.348 e. The van der Waals surface area contributed by atoms with Crippen LogP contribution in [0.2, 0.25) is 0 Å². The summed E-state index contributed by atoms with van der Waals surface area (Å²) in [6.45, 7) is 7.59. The highest BCUT2D eigenvalue weighted by atomic mass is 16.1. The predicted molar refractivity (Wildman–Crippen MR) is 102 cm³/mol. The first-order chi connectivity index (χ1) is 12.7. The van der Waals surface area contributed by atoms with E-state index in [1.807, 2.05) is 6.07 Å². The Labute approximate surface area is 153 Å². The smallest absolute Gasteiger partial charge is 0.251 e. The van der Waals surface area contributed by atoms with Crippen molar-refractivity contribution in [1.82, 2.24) is 15.2 Å². The van der Waals surface area contributed by atoms with Crippen LogP contribution >= 0.6 is 0 Å². The number of pyridine rings is 1. The van der Waals surface area contributed by atoms with Crippen molar-refractivity contribution in [3.63, 3.8) is 0 Å². The van der Waals surface area contributed by atoms with Crippen molar-refractivity contribution in [2.75, 3.05) is 24.7 Å². The molecule has 4 rings (SSSR count). The van der Waals surface area contributed by atoms with Crippen LogP contribution in [0.1, 0.15) is 27.9 Å². The first kappa shape index (κ1) is 16.7. The second-order valence-corrected chi connectivity index (χ2v) is 6.93. The summed E-state index contributed by atoms with van der Waals surface area (Å²) < 4.78 is 0. The number of carbonyl (C=O) groups excluding carboxylic acids is 1. The van der Waals surface area contributed by atoms with Crippen molar-refractivity contribution < 1.29 is 4.79 Å². The number of amides is 1. The van der Waals surface area contributed by atoms with E-state index >= 15 is 0 Å². The number of aromatic nitrogens is 1. The van der Waals surface area contributed by atoms with E-state index in [1.54, 1.807) is 12.3 Å². The van der Waals surface area contributed by atoms with Crippen LogP contribution in [0.4, 0.5) is 5.82 Å². The van der Waals surface area contributed by atoms with E-state index < -0.39 is 0 Å². The molecule has 2 aromatic rings. The molecule has 3 heterocycles. The number of benzene rings is 1. The number of nitrogens with zero attached hydrogens (tertiary/aromatic N) is 4. The minimum atomic E-state index is -0.0382. The number of likely N-dealkylation sites (tertiary alicyclic amines) is 1. The zero-order valence-electron chi connectivity index (χ0n) is 14.8. The lowest BCUT2D eigenvalue weighted by molar-refractivity contribution is 0.0938. The molecule has 26 heavy (non-hydrogen) atoms. The zero-order valence-corrected chi connectivity index (χ0v) is 14.8. The molecule has 6 heteroatoms. The summed E-state index contributed by atoms with van der Waals surface area (Å²) in [4.78, 5) is 25.4. The first-order valence-corrected chi connectivity index (χ1v) is 8.96. The third-order valence-corrected chi connectivity index (χ3v) is 5.08. The molecular formula is C20H23N5O. The third kappa shape index (κ3) is 3.46. The van der Waals surface area contributed by atoms with Crippen molar-refractivity contribution >= 4 is 18.4 Å². The third-order valence-electron chi connectivity index (χ3n) is 5.08. The molecule has 0 spiro atoms. The molecule has 1 saturated heterocycles. The molecule has 1 aromatic heterocycles. The van der Waals surface area contributed by atoms with Gasteiger partial charge in [-0.25, -0.2) is 4.98 Å². The number of hydrogen-bond donors (Lipinski definition) is 1. The lowest BCUT2D eigenvalue weighted by Crippen LogP contribution is -2.37. The van der Waals surface area contributed by atoms with Gasteiger partial charge in [0.15, 0.2) is 0 Å². The standard InChI is InChI=1S/C20H23N5O/c1-21-14-24-9-7-18(13-24)23-20(26)15-6-8-22-19(10-15)25-11-16-4-2-3-5-17(16)12-25/h2-6,8,10,18H,1,7,9,11-14H2,(H,23,26)/t18-/m1/s1. The molecule has 1 N–H and O–H groups in total. The van der Waals surface area contributed by atoms with Crippen LogP contribution in [-0.4, -0.2) is 48.3 Å². The summed E-state index contributed by atoms with van der Waals surface area (Å²) in [7, 11) is 0. The van der Waals surface area contributed by atoms with Crippen molar-refractivity contribution in [3.8, 4) is 0 Å². The average molecular weight is 349 g/mol. The summed E-state index contributed by atoms with van der Waals surface area (Å²) in [5.74, 6) is 0.807. The molecule has 1 amide bonds. The first-order valence-electron chi connectivity index (χ1n) is 8.96.